The molecule has 2 heterocycles. The molecule has 0 saturated carbocycles. The number of hydrogen-bond acceptors (Lipinski definition) is 4. The van der Waals surface area contributed by atoms with Crippen LogP contribution in [0.3, 0.4) is 0 Å². The van der Waals surface area contributed by atoms with Gasteiger partial charge in [0.15, 0.2) is 0 Å². The third-order valence-corrected chi connectivity index (χ3v) is 3.88. The van der Waals surface area contributed by atoms with Gasteiger partial charge in [-0.2, -0.15) is 0 Å². The lowest BCUT2D eigenvalue weighted by Crippen LogP contribution is -2.41. The molecule has 2 N–H and O–H groups in total. The summed E-state index contributed by atoms with van der Waals surface area (Å²) in [5.41, 5.74) is 7.43. The second-order valence-corrected chi connectivity index (χ2v) is 6.41. The number of aryl methyl sites for hydroxylation is 1. The fraction of sp³-hybridized carbons (Fsp3) is 0.733. The van der Waals surface area contributed by atoms with Gasteiger partial charge >= 0.3 is 0 Å². The Labute approximate surface area is 116 Å². The smallest absolute Gasteiger partial charge is 0.137 e. The van der Waals surface area contributed by atoms with Gasteiger partial charge in [-0.15, -0.1) is 0 Å². The molecule has 0 atom stereocenters. The van der Waals surface area contributed by atoms with E-state index >= 15 is 0 Å². The predicted molar refractivity (Wildman–Crippen MR) is 80.4 cm³/mol. The van der Waals surface area contributed by atoms with E-state index in [0.717, 1.165) is 43.1 Å². The van der Waals surface area contributed by atoms with E-state index in [1.54, 1.807) is 0 Å². The quantitative estimate of drug-likeness (QED) is 0.910. The minimum absolute atomic E-state index is 0.356. The first-order chi connectivity index (χ1) is 8.93. The Kier molecular flexibility index (Phi) is 3.97. The van der Waals surface area contributed by atoms with E-state index < -0.39 is 0 Å². The molecule has 0 unspecified atom stereocenters. The molecular formula is C15H26N4. The van der Waals surface area contributed by atoms with E-state index in [-0.39, 0.29) is 0 Å². The molecule has 0 spiro atoms. The lowest BCUT2D eigenvalue weighted by molar-refractivity contribution is 0.291. The molecule has 0 aromatic carbocycles. The van der Waals surface area contributed by atoms with Crippen molar-refractivity contribution in [3.63, 3.8) is 0 Å². The number of nitrogens with two attached hydrogens (primary N) is 1. The van der Waals surface area contributed by atoms with Crippen molar-refractivity contribution in [2.75, 3.05) is 23.7 Å². The molecule has 106 valence electrons. The zero-order valence-corrected chi connectivity index (χ0v) is 12.7. The molecule has 1 aromatic rings. The third-order valence-electron chi connectivity index (χ3n) is 3.88. The maximum absolute atomic E-state index is 6.05. The Balaban J connectivity index is 2.32. The number of nitrogens with zero attached hydrogens (tertiary/aromatic N) is 3. The first-order valence-electron chi connectivity index (χ1n) is 7.31. The highest BCUT2D eigenvalue weighted by atomic mass is 15.2. The van der Waals surface area contributed by atoms with Crippen LogP contribution in [0, 0.1) is 12.3 Å². The van der Waals surface area contributed by atoms with Gasteiger partial charge in [0.25, 0.3) is 0 Å². The average Bonchev–Trinajstić information content (AvgIpc) is 2.32. The van der Waals surface area contributed by atoms with Crippen molar-refractivity contribution in [3.05, 3.63) is 11.4 Å². The molecular weight excluding hydrogens is 236 g/mol. The standard InChI is InChI=1S/C15H26N4/c1-5-7-12-17-13(16)11(2)14(18-12)19-9-6-8-15(3,4)10-19/h5-10H2,1-4H3,(H2,16,17,18). The van der Waals surface area contributed by atoms with Crippen LogP contribution in [-0.4, -0.2) is 23.1 Å². The van der Waals surface area contributed by atoms with Crippen LogP contribution in [0.1, 0.15) is 51.4 Å². The Hall–Kier alpha value is -1.32. The van der Waals surface area contributed by atoms with E-state index in [1.165, 1.54) is 12.8 Å². The molecule has 0 radical (unpaired) electrons. The summed E-state index contributed by atoms with van der Waals surface area (Å²) in [6.45, 7) is 10.9. The normalized spacial score (nSPS) is 18.6. The number of anilines is 2. The van der Waals surface area contributed by atoms with Crippen LogP contribution in [0.5, 0.6) is 0 Å². The summed E-state index contributed by atoms with van der Waals surface area (Å²) in [4.78, 5) is 11.5. The van der Waals surface area contributed by atoms with Crippen LogP contribution >= 0.6 is 0 Å². The van der Waals surface area contributed by atoms with Gasteiger partial charge in [0.2, 0.25) is 0 Å². The Morgan fingerprint density at radius 3 is 2.68 bits per heavy atom. The summed E-state index contributed by atoms with van der Waals surface area (Å²) in [6, 6.07) is 0. The minimum atomic E-state index is 0.356. The van der Waals surface area contributed by atoms with Crippen molar-refractivity contribution in [2.24, 2.45) is 5.41 Å². The van der Waals surface area contributed by atoms with Crippen molar-refractivity contribution in [1.82, 2.24) is 9.97 Å². The number of hydrogen-bond donors (Lipinski definition) is 1. The Morgan fingerprint density at radius 2 is 2.05 bits per heavy atom. The molecule has 0 bridgehead atoms. The van der Waals surface area contributed by atoms with Gasteiger partial charge in [0.1, 0.15) is 17.5 Å². The molecule has 1 aromatic heterocycles. The lowest BCUT2D eigenvalue weighted by Gasteiger charge is -2.39. The van der Waals surface area contributed by atoms with Crippen LogP contribution in [-0.2, 0) is 6.42 Å². The highest BCUT2D eigenvalue weighted by Crippen LogP contribution is 2.33. The summed E-state index contributed by atoms with van der Waals surface area (Å²) in [6.07, 6.45) is 4.45. The highest BCUT2D eigenvalue weighted by Gasteiger charge is 2.28. The summed E-state index contributed by atoms with van der Waals surface area (Å²) < 4.78 is 0. The van der Waals surface area contributed by atoms with Crippen molar-refractivity contribution >= 4 is 11.6 Å². The third kappa shape index (κ3) is 3.17. The van der Waals surface area contributed by atoms with Gasteiger partial charge in [0.05, 0.1) is 0 Å². The number of aromatic nitrogens is 2. The van der Waals surface area contributed by atoms with Crippen LogP contribution in [0.4, 0.5) is 11.6 Å². The molecule has 19 heavy (non-hydrogen) atoms. The second-order valence-electron chi connectivity index (χ2n) is 6.41. The van der Waals surface area contributed by atoms with Gasteiger partial charge in [-0.1, -0.05) is 20.8 Å². The van der Waals surface area contributed by atoms with Gasteiger partial charge < -0.3 is 10.6 Å². The van der Waals surface area contributed by atoms with E-state index in [1.807, 2.05) is 6.92 Å². The molecule has 1 aliphatic heterocycles. The average molecular weight is 262 g/mol. The molecule has 1 saturated heterocycles. The maximum Gasteiger partial charge on any atom is 0.137 e. The van der Waals surface area contributed by atoms with Crippen LogP contribution < -0.4 is 10.6 Å². The first kappa shape index (κ1) is 14.1. The predicted octanol–water partition coefficient (Wildman–Crippen LogP) is 2.95. The fourth-order valence-electron chi connectivity index (χ4n) is 2.82. The maximum atomic E-state index is 6.05. The second kappa shape index (κ2) is 5.35. The van der Waals surface area contributed by atoms with E-state index in [0.29, 0.717) is 11.2 Å². The number of rotatable bonds is 3. The summed E-state index contributed by atoms with van der Waals surface area (Å²) >= 11 is 0. The van der Waals surface area contributed by atoms with Gasteiger partial charge in [-0.3, -0.25) is 0 Å². The van der Waals surface area contributed by atoms with Crippen molar-refractivity contribution < 1.29 is 0 Å². The zero-order chi connectivity index (χ0) is 14.0. The molecule has 4 heteroatoms. The molecule has 2 rings (SSSR count). The lowest BCUT2D eigenvalue weighted by atomic mass is 9.84. The van der Waals surface area contributed by atoms with E-state index in [4.69, 9.17) is 10.7 Å². The highest BCUT2D eigenvalue weighted by molar-refractivity contribution is 5.56. The van der Waals surface area contributed by atoms with Gasteiger partial charge in [-0.05, 0) is 31.6 Å². The van der Waals surface area contributed by atoms with Crippen molar-refractivity contribution in [1.29, 1.82) is 0 Å². The topological polar surface area (TPSA) is 55.0 Å². The summed E-state index contributed by atoms with van der Waals surface area (Å²) in [5, 5.41) is 0. The molecule has 4 nitrogen and oxygen atoms in total. The van der Waals surface area contributed by atoms with Crippen LogP contribution in [0.25, 0.3) is 0 Å². The monoisotopic (exact) mass is 262 g/mol. The summed E-state index contributed by atoms with van der Waals surface area (Å²) in [7, 11) is 0. The van der Waals surface area contributed by atoms with Crippen molar-refractivity contribution in [2.45, 2.75) is 53.4 Å². The van der Waals surface area contributed by atoms with E-state index in [2.05, 4.69) is 30.7 Å². The Bertz CT molecular complexity index is 454. The number of piperidine rings is 1. The molecule has 0 amide bonds. The van der Waals surface area contributed by atoms with Crippen LogP contribution in [0.2, 0.25) is 0 Å². The fourth-order valence-corrected chi connectivity index (χ4v) is 2.82. The summed E-state index contributed by atoms with van der Waals surface area (Å²) in [5.74, 6) is 2.56. The van der Waals surface area contributed by atoms with Crippen molar-refractivity contribution in [3.8, 4) is 0 Å². The SMILES string of the molecule is CCCc1nc(N)c(C)c(N2CCCC(C)(C)C2)n1. The Morgan fingerprint density at radius 1 is 1.32 bits per heavy atom. The molecule has 0 aliphatic carbocycles. The zero-order valence-electron chi connectivity index (χ0n) is 12.7. The minimum Gasteiger partial charge on any atom is -0.383 e. The van der Waals surface area contributed by atoms with Gasteiger partial charge in [0, 0.05) is 25.1 Å². The number of nitrogen functional groups attached to an aromatic ring is 1. The molecule has 1 aliphatic rings. The largest absolute Gasteiger partial charge is 0.383 e. The first-order valence-corrected chi connectivity index (χ1v) is 7.31. The molecule has 1 fully saturated rings. The van der Waals surface area contributed by atoms with Crippen LogP contribution in [0.15, 0.2) is 0 Å². The van der Waals surface area contributed by atoms with E-state index in [9.17, 15) is 0 Å². The van der Waals surface area contributed by atoms with Gasteiger partial charge in [-0.25, -0.2) is 9.97 Å².